The van der Waals surface area contributed by atoms with Gasteiger partial charge in [-0.05, 0) is 24.3 Å². The maximum atomic E-state index is 13.4. The Hall–Kier alpha value is -1.81. The van der Waals surface area contributed by atoms with E-state index in [-0.39, 0.29) is 5.56 Å². The van der Waals surface area contributed by atoms with Gasteiger partial charge in [0.2, 0.25) is 0 Å². The van der Waals surface area contributed by atoms with Crippen LogP contribution in [0.5, 0.6) is 0 Å². The Labute approximate surface area is 91.2 Å². The topological polar surface area (TPSA) is 33.1 Å². The highest BCUT2D eigenvalue weighted by Gasteiger charge is 2.15. The van der Waals surface area contributed by atoms with Crippen LogP contribution in [0.1, 0.15) is 17.2 Å². The first-order valence-electron chi connectivity index (χ1n) is 4.71. The fourth-order valence-corrected chi connectivity index (χ4v) is 1.44. The van der Waals surface area contributed by atoms with Crippen molar-refractivity contribution in [2.75, 3.05) is 0 Å². The van der Waals surface area contributed by atoms with Gasteiger partial charge in [-0.3, -0.25) is 4.98 Å². The zero-order valence-electron chi connectivity index (χ0n) is 8.27. The van der Waals surface area contributed by atoms with Crippen LogP contribution in [0.15, 0.2) is 42.7 Å². The Morgan fingerprint density at radius 2 is 2.00 bits per heavy atom. The van der Waals surface area contributed by atoms with Crippen molar-refractivity contribution >= 4 is 0 Å². The summed E-state index contributed by atoms with van der Waals surface area (Å²) in [5, 5.41) is 9.85. The van der Waals surface area contributed by atoms with Crippen LogP contribution in [-0.4, -0.2) is 10.1 Å². The summed E-state index contributed by atoms with van der Waals surface area (Å²) in [5.74, 6) is -1.22. The summed E-state index contributed by atoms with van der Waals surface area (Å²) in [5.41, 5.74) is 0.333. The van der Waals surface area contributed by atoms with E-state index in [0.29, 0.717) is 5.56 Å². The highest BCUT2D eigenvalue weighted by molar-refractivity contribution is 5.29. The molecule has 0 spiro atoms. The van der Waals surface area contributed by atoms with Crippen molar-refractivity contribution in [2.24, 2.45) is 0 Å². The second-order valence-corrected chi connectivity index (χ2v) is 3.35. The van der Waals surface area contributed by atoms with Gasteiger partial charge >= 0.3 is 0 Å². The molecule has 1 N–H and O–H groups in total. The van der Waals surface area contributed by atoms with Gasteiger partial charge in [-0.1, -0.05) is 6.07 Å². The normalized spacial score (nSPS) is 12.4. The first kappa shape index (κ1) is 10.7. The highest BCUT2D eigenvalue weighted by Crippen LogP contribution is 2.24. The number of benzene rings is 1. The van der Waals surface area contributed by atoms with Gasteiger partial charge in [0.25, 0.3) is 0 Å². The third kappa shape index (κ3) is 2.06. The molecular formula is C12H9F2NO. The summed E-state index contributed by atoms with van der Waals surface area (Å²) in [6.45, 7) is 0. The standard InChI is InChI=1S/C12H9F2NO/c13-9-3-4-11(14)10(6-9)12(16)8-2-1-5-15-7-8/h1-7,12,16H. The maximum absolute atomic E-state index is 13.4. The molecule has 82 valence electrons. The van der Waals surface area contributed by atoms with E-state index in [0.717, 1.165) is 18.2 Å². The monoisotopic (exact) mass is 221 g/mol. The van der Waals surface area contributed by atoms with Crippen molar-refractivity contribution in [1.29, 1.82) is 0 Å². The molecule has 0 saturated carbocycles. The van der Waals surface area contributed by atoms with E-state index in [1.165, 1.54) is 12.4 Å². The van der Waals surface area contributed by atoms with Crippen LogP contribution in [0.25, 0.3) is 0 Å². The van der Waals surface area contributed by atoms with Crippen LogP contribution in [0, 0.1) is 11.6 Å². The van der Waals surface area contributed by atoms with E-state index in [9.17, 15) is 13.9 Å². The van der Waals surface area contributed by atoms with Gasteiger partial charge in [-0.25, -0.2) is 8.78 Å². The lowest BCUT2D eigenvalue weighted by atomic mass is 10.0. The average molecular weight is 221 g/mol. The quantitative estimate of drug-likeness (QED) is 0.844. The van der Waals surface area contributed by atoms with E-state index < -0.39 is 17.7 Å². The Morgan fingerprint density at radius 1 is 1.19 bits per heavy atom. The van der Waals surface area contributed by atoms with Gasteiger partial charge in [0.15, 0.2) is 0 Å². The molecule has 0 radical (unpaired) electrons. The molecule has 0 amide bonds. The lowest BCUT2D eigenvalue weighted by Gasteiger charge is -2.11. The number of rotatable bonds is 2. The molecule has 1 unspecified atom stereocenters. The minimum atomic E-state index is -1.20. The third-order valence-corrected chi connectivity index (χ3v) is 2.25. The van der Waals surface area contributed by atoms with Crippen LogP contribution in [0.2, 0.25) is 0 Å². The Morgan fingerprint density at radius 3 is 2.69 bits per heavy atom. The van der Waals surface area contributed by atoms with E-state index in [4.69, 9.17) is 0 Å². The average Bonchev–Trinajstić information content (AvgIpc) is 2.32. The number of nitrogens with zero attached hydrogens (tertiary/aromatic N) is 1. The van der Waals surface area contributed by atoms with Crippen LogP contribution in [0.4, 0.5) is 8.78 Å². The molecule has 0 fully saturated rings. The fourth-order valence-electron chi connectivity index (χ4n) is 1.44. The van der Waals surface area contributed by atoms with Crippen molar-refractivity contribution < 1.29 is 13.9 Å². The summed E-state index contributed by atoms with van der Waals surface area (Å²) in [6, 6.07) is 6.20. The molecule has 1 aromatic carbocycles. The summed E-state index contributed by atoms with van der Waals surface area (Å²) in [4.78, 5) is 3.81. The third-order valence-electron chi connectivity index (χ3n) is 2.25. The lowest BCUT2D eigenvalue weighted by molar-refractivity contribution is 0.214. The summed E-state index contributed by atoms with van der Waals surface area (Å²) < 4.78 is 26.3. The van der Waals surface area contributed by atoms with Crippen LogP contribution in [0.3, 0.4) is 0 Å². The van der Waals surface area contributed by atoms with Crippen LogP contribution < -0.4 is 0 Å². The Bertz CT molecular complexity index is 488. The molecule has 0 aliphatic rings. The number of aliphatic hydroxyl groups excluding tert-OH is 1. The lowest BCUT2D eigenvalue weighted by Crippen LogP contribution is -2.03. The number of aliphatic hydroxyl groups is 1. The molecule has 1 heterocycles. The SMILES string of the molecule is OC(c1cccnc1)c1cc(F)ccc1F. The molecule has 1 atom stereocenters. The zero-order chi connectivity index (χ0) is 11.5. The summed E-state index contributed by atoms with van der Waals surface area (Å²) in [6.07, 6.45) is 1.75. The summed E-state index contributed by atoms with van der Waals surface area (Å²) in [7, 11) is 0. The summed E-state index contributed by atoms with van der Waals surface area (Å²) >= 11 is 0. The zero-order valence-corrected chi connectivity index (χ0v) is 8.27. The molecule has 2 rings (SSSR count). The van der Waals surface area contributed by atoms with Crippen molar-refractivity contribution in [2.45, 2.75) is 6.10 Å². The maximum Gasteiger partial charge on any atom is 0.129 e. The van der Waals surface area contributed by atoms with Crippen molar-refractivity contribution in [3.05, 3.63) is 65.5 Å². The predicted molar refractivity (Wildman–Crippen MR) is 54.7 cm³/mol. The van der Waals surface area contributed by atoms with Gasteiger partial charge in [0.1, 0.15) is 17.7 Å². The second-order valence-electron chi connectivity index (χ2n) is 3.35. The number of aromatic nitrogens is 1. The van der Waals surface area contributed by atoms with Crippen molar-refractivity contribution in [3.63, 3.8) is 0 Å². The number of hydrogen-bond acceptors (Lipinski definition) is 2. The highest BCUT2D eigenvalue weighted by atomic mass is 19.1. The van der Waals surface area contributed by atoms with E-state index in [1.807, 2.05) is 0 Å². The molecular weight excluding hydrogens is 212 g/mol. The molecule has 1 aromatic heterocycles. The minimum absolute atomic E-state index is 0.0898. The molecule has 0 aliphatic carbocycles. The first-order chi connectivity index (χ1) is 7.68. The largest absolute Gasteiger partial charge is 0.383 e. The van der Waals surface area contributed by atoms with Crippen molar-refractivity contribution in [1.82, 2.24) is 4.98 Å². The Balaban J connectivity index is 2.41. The molecule has 2 aromatic rings. The first-order valence-corrected chi connectivity index (χ1v) is 4.71. The van der Waals surface area contributed by atoms with Gasteiger partial charge in [-0.2, -0.15) is 0 Å². The van der Waals surface area contributed by atoms with E-state index >= 15 is 0 Å². The molecule has 0 bridgehead atoms. The van der Waals surface area contributed by atoms with Crippen LogP contribution >= 0.6 is 0 Å². The van der Waals surface area contributed by atoms with E-state index in [1.54, 1.807) is 12.1 Å². The van der Waals surface area contributed by atoms with Crippen LogP contribution in [-0.2, 0) is 0 Å². The van der Waals surface area contributed by atoms with Gasteiger partial charge in [-0.15, -0.1) is 0 Å². The smallest absolute Gasteiger partial charge is 0.129 e. The number of halogens is 2. The molecule has 16 heavy (non-hydrogen) atoms. The Kier molecular flexibility index (Phi) is 2.92. The minimum Gasteiger partial charge on any atom is -0.383 e. The second kappa shape index (κ2) is 4.37. The molecule has 4 heteroatoms. The van der Waals surface area contributed by atoms with Gasteiger partial charge in [0.05, 0.1) is 0 Å². The number of hydrogen-bond donors (Lipinski definition) is 1. The van der Waals surface area contributed by atoms with Gasteiger partial charge in [0, 0.05) is 23.5 Å². The molecule has 2 nitrogen and oxygen atoms in total. The fraction of sp³-hybridized carbons (Fsp3) is 0.0833. The predicted octanol–water partition coefficient (Wildman–Crippen LogP) is 2.44. The molecule has 0 saturated heterocycles. The molecule has 0 aliphatic heterocycles. The van der Waals surface area contributed by atoms with Crippen molar-refractivity contribution in [3.8, 4) is 0 Å². The van der Waals surface area contributed by atoms with Gasteiger partial charge < -0.3 is 5.11 Å². The van der Waals surface area contributed by atoms with E-state index in [2.05, 4.69) is 4.98 Å². The number of pyridine rings is 1.